The highest BCUT2D eigenvalue weighted by Crippen LogP contribution is 2.60. The lowest BCUT2D eigenvalue weighted by molar-refractivity contribution is -0.0158. The monoisotopic (exact) mass is 365 g/mol. The molecule has 4 aliphatic carbocycles. The highest BCUT2D eigenvalue weighted by atomic mass is 16.7. The van der Waals surface area contributed by atoms with Crippen LogP contribution in [-0.4, -0.2) is 12.5 Å². The van der Waals surface area contributed by atoms with Crippen molar-refractivity contribution >= 4 is 5.91 Å². The highest BCUT2D eigenvalue weighted by molar-refractivity contribution is 5.90. The van der Waals surface area contributed by atoms with E-state index in [4.69, 9.17) is 9.25 Å². The van der Waals surface area contributed by atoms with Crippen molar-refractivity contribution in [2.24, 2.45) is 17.8 Å². The van der Waals surface area contributed by atoms with Gasteiger partial charge in [-0.1, -0.05) is 30.3 Å². The first-order chi connectivity index (χ1) is 13.2. The summed E-state index contributed by atoms with van der Waals surface area (Å²) in [4.78, 5) is 17.7. The van der Waals surface area contributed by atoms with Crippen LogP contribution in [0.1, 0.15) is 60.4 Å². The molecular formula is C23H27NO3. The van der Waals surface area contributed by atoms with Crippen LogP contribution >= 0.6 is 0 Å². The van der Waals surface area contributed by atoms with Gasteiger partial charge in [0.2, 0.25) is 0 Å². The molecule has 1 heterocycles. The smallest absolute Gasteiger partial charge is 0.310 e. The third kappa shape index (κ3) is 3.31. The number of carbonyl (C=O) groups is 1. The van der Waals surface area contributed by atoms with Crippen LogP contribution in [0.3, 0.4) is 0 Å². The molecule has 0 saturated heterocycles. The number of furan rings is 1. The van der Waals surface area contributed by atoms with E-state index >= 15 is 0 Å². The van der Waals surface area contributed by atoms with Gasteiger partial charge in [-0.25, -0.2) is 5.48 Å². The highest BCUT2D eigenvalue weighted by Gasteiger charge is 2.53. The fourth-order valence-corrected chi connectivity index (χ4v) is 6.14. The molecule has 2 aromatic rings. The van der Waals surface area contributed by atoms with Crippen molar-refractivity contribution in [1.29, 1.82) is 0 Å². The number of hydrogen-bond donors (Lipinski definition) is 1. The van der Waals surface area contributed by atoms with Crippen molar-refractivity contribution in [2.75, 3.05) is 6.61 Å². The average Bonchev–Trinajstić information content (AvgIpc) is 3.16. The summed E-state index contributed by atoms with van der Waals surface area (Å²) in [5.41, 5.74) is 3.89. The van der Waals surface area contributed by atoms with Gasteiger partial charge in [-0.15, -0.1) is 0 Å². The van der Waals surface area contributed by atoms with Crippen LogP contribution < -0.4 is 5.48 Å². The maximum Gasteiger partial charge on any atom is 0.310 e. The Kier molecular flexibility index (Phi) is 4.31. The minimum Gasteiger partial charge on any atom is -0.455 e. The summed E-state index contributed by atoms with van der Waals surface area (Å²) in [5.74, 6) is 3.68. The van der Waals surface area contributed by atoms with Crippen LogP contribution in [0.25, 0.3) is 0 Å². The zero-order valence-corrected chi connectivity index (χ0v) is 15.7. The summed E-state index contributed by atoms with van der Waals surface area (Å²) in [5, 5.41) is 0. The van der Waals surface area contributed by atoms with Crippen LogP contribution in [0, 0.1) is 17.8 Å². The van der Waals surface area contributed by atoms with Gasteiger partial charge in [0.25, 0.3) is 0 Å². The van der Waals surface area contributed by atoms with Crippen molar-refractivity contribution in [3.05, 3.63) is 59.5 Å². The predicted octanol–water partition coefficient (Wildman–Crippen LogP) is 4.65. The van der Waals surface area contributed by atoms with Gasteiger partial charge in [-0.05, 0) is 80.4 Å². The Balaban J connectivity index is 1.19. The molecule has 0 radical (unpaired) electrons. The first-order valence-corrected chi connectivity index (χ1v) is 10.3. The first kappa shape index (κ1) is 17.1. The summed E-state index contributed by atoms with van der Waals surface area (Å²) in [6.07, 6.45) is 8.69. The second kappa shape index (κ2) is 6.83. The van der Waals surface area contributed by atoms with Gasteiger partial charge in [-0.2, -0.15) is 0 Å². The summed E-state index contributed by atoms with van der Waals surface area (Å²) >= 11 is 0. The third-order valence-electron chi connectivity index (χ3n) is 6.89. The van der Waals surface area contributed by atoms with Gasteiger partial charge in [0, 0.05) is 5.41 Å². The Hall–Kier alpha value is -2.07. The molecule has 0 spiro atoms. The zero-order valence-electron chi connectivity index (χ0n) is 15.7. The molecule has 0 atom stereocenters. The Morgan fingerprint density at radius 1 is 1.00 bits per heavy atom. The summed E-state index contributed by atoms with van der Waals surface area (Å²) < 4.78 is 6.05. The van der Waals surface area contributed by atoms with E-state index in [1.807, 2.05) is 30.3 Å². The molecule has 4 fully saturated rings. The van der Waals surface area contributed by atoms with Crippen molar-refractivity contribution in [3.8, 4) is 0 Å². The van der Waals surface area contributed by atoms with Crippen molar-refractivity contribution in [3.63, 3.8) is 0 Å². The number of hydroxylamine groups is 1. The van der Waals surface area contributed by atoms with E-state index in [9.17, 15) is 4.79 Å². The van der Waals surface area contributed by atoms with Crippen LogP contribution in [-0.2, 0) is 16.7 Å². The maximum atomic E-state index is 12.4. The fourth-order valence-electron chi connectivity index (χ4n) is 6.14. The molecule has 0 unspecified atom stereocenters. The van der Waals surface area contributed by atoms with E-state index in [1.165, 1.54) is 44.1 Å². The molecule has 0 aliphatic heterocycles. The molecule has 6 rings (SSSR count). The topological polar surface area (TPSA) is 51.5 Å². The molecule has 1 aromatic carbocycles. The number of benzene rings is 1. The van der Waals surface area contributed by atoms with Gasteiger partial charge in [0.05, 0.1) is 6.61 Å². The molecule has 1 aromatic heterocycles. The number of carbonyl (C=O) groups excluding carboxylic acids is 1. The third-order valence-corrected chi connectivity index (χ3v) is 6.89. The van der Waals surface area contributed by atoms with Gasteiger partial charge in [0.1, 0.15) is 5.76 Å². The molecule has 4 heteroatoms. The fraction of sp³-hybridized carbons (Fsp3) is 0.522. The summed E-state index contributed by atoms with van der Waals surface area (Å²) in [7, 11) is 0. The van der Waals surface area contributed by atoms with Crippen molar-refractivity contribution in [2.45, 2.75) is 50.4 Å². The average molecular weight is 365 g/mol. The quantitative estimate of drug-likeness (QED) is 0.599. The summed E-state index contributed by atoms with van der Waals surface area (Å²) in [6, 6.07) is 13.9. The lowest BCUT2D eigenvalue weighted by Gasteiger charge is -2.55. The van der Waals surface area contributed by atoms with E-state index in [0.717, 1.165) is 29.9 Å². The van der Waals surface area contributed by atoms with Crippen molar-refractivity contribution in [1.82, 2.24) is 5.48 Å². The van der Waals surface area contributed by atoms with E-state index in [1.54, 1.807) is 0 Å². The molecule has 1 amide bonds. The number of nitrogens with one attached hydrogen (secondary N) is 1. The molecule has 1 N–H and O–H groups in total. The molecule has 4 nitrogen and oxygen atoms in total. The van der Waals surface area contributed by atoms with Crippen LogP contribution in [0.5, 0.6) is 0 Å². The van der Waals surface area contributed by atoms with Crippen molar-refractivity contribution < 1.29 is 14.0 Å². The zero-order chi connectivity index (χ0) is 18.3. The minimum atomic E-state index is -0.293. The first-order valence-electron chi connectivity index (χ1n) is 10.3. The van der Waals surface area contributed by atoms with Crippen LogP contribution in [0.2, 0.25) is 0 Å². The second-order valence-electron chi connectivity index (χ2n) is 8.88. The molecular weight excluding hydrogens is 338 g/mol. The Labute approximate surface area is 160 Å². The normalized spacial score (nSPS) is 31.2. The Morgan fingerprint density at radius 3 is 2.33 bits per heavy atom. The van der Waals surface area contributed by atoms with Gasteiger partial charge < -0.3 is 4.42 Å². The SMILES string of the molecule is O=C(NOCCc1ccccc1)c1ccc(C23CC4CC(CC(C4)C2)C3)o1. The number of amides is 1. The standard InChI is InChI=1S/C23H27NO3/c25-22(24-26-9-8-16-4-2-1-3-5-16)20-6-7-21(27-20)23-13-17-10-18(14-23)12-19(11-17)15-23/h1-7,17-19H,8-15H2,(H,24,25). The van der Waals surface area contributed by atoms with Crippen LogP contribution in [0.4, 0.5) is 0 Å². The number of hydrogen-bond acceptors (Lipinski definition) is 3. The summed E-state index contributed by atoms with van der Waals surface area (Å²) in [6.45, 7) is 0.443. The minimum absolute atomic E-state index is 0.182. The second-order valence-corrected chi connectivity index (χ2v) is 8.88. The molecule has 4 bridgehead atoms. The van der Waals surface area contributed by atoms with E-state index in [-0.39, 0.29) is 11.3 Å². The maximum absolute atomic E-state index is 12.4. The molecule has 142 valence electrons. The molecule has 27 heavy (non-hydrogen) atoms. The van der Waals surface area contributed by atoms with Gasteiger partial charge in [0.15, 0.2) is 5.76 Å². The molecule has 4 saturated carbocycles. The Bertz CT molecular complexity index is 775. The van der Waals surface area contributed by atoms with E-state index in [0.29, 0.717) is 12.4 Å². The Morgan fingerprint density at radius 2 is 1.67 bits per heavy atom. The lowest BCUT2D eigenvalue weighted by atomic mass is 9.49. The number of rotatable bonds is 6. The molecule has 4 aliphatic rings. The van der Waals surface area contributed by atoms with Gasteiger partial charge >= 0.3 is 5.91 Å². The largest absolute Gasteiger partial charge is 0.455 e. The van der Waals surface area contributed by atoms with E-state index in [2.05, 4.69) is 17.6 Å². The predicted molar refractivity (Wildman–Crippen MR) is 102 cm³/mol. The lowest BCUT2D eigenvalue weighted by Crippen LogP contribution is -2.48. The van der Waals surface area contributed by atoms with Crippen LogP contribution in [0.15, 0.2) is 46.9 Å². The van der Waals surface area contributed by atoms with E-state index < -0.39 is 0 Å². The van der Waals surface area contributed by atoms with Gasteiger partial charge in [-0.3, -0.25) is 9.63 Å².